The third-order valence-corrected chi connectivity index (χ3v) is 5.63. The fraction of sp³-hybridized carbons (Fsp3) is 0.276. The van der Waals surface area contributed by atoms with Gasteiger partial charge in [-0.25, -0.2) is 14.4 Å². The molecular weight excluding hydrogens is 492 g/mol. The lowest BCUT2D eigenvalue weighted by atomic mass is 9.94. The summed E-state index contributed by atoms with van der Waals surface area (Å²) in [7, 11) is 4.58. The zero-order valence-electron chi connectivity index (χ0n) is 21.7. The van der Waals surface area contributed by atoms with Crippen molar-refractivity contribution in [1.82, 2.24) is 0 Å². The van der Waals surface area contributed by atoms with Gasteiger partial charge in [0.2, 0.25) is 0 Å². The van der Waals surface area contributed by atoms with E-state index in [2.05, 4.69) is 0 Å². The number of benzene rings is 3. The molecule has 0 aliphatic carbocycles. The Balaban J connectivity index is 1.68. The summed E-state index contributed by atoms with van der Waals surface area (Å²) in [4.78, 5) is 37.9. The van der Waals surface area contributed by atoms with Crippen LogP contribution in [-0.2, 0) is 14.2 Å². The number of hydrogen-bond donors (Lipinski definition) is 0. The summed E-state index contributed by atoms with van der Waals surface area (Å²) in [6.07, 6.45) is 0. The third kappa shape index (κ3) is 7.73. The van der Waals surface area contributed by atoms with Gasteiger partial charge < -0.3 is 28.4 Å². The van der Waals surface area contributed by atoms with Gasteiger partial charge in [-0.15, -0.1) is 0 Å². The molecule has 0 aliphatic rings. The van der Waals surface area contributed by atoms with E-state index in [1.165, 1.54) is 21.3 Å². The van der Waals surface area contributed by atoms with Crippen molar-refractivity contribution in [2.24, 2.45) is 5.41 Å². The Hall–Kier alpha value is -4.53. The Labute approximate surface area is 221 Å². The van der Waals surface area contributed by atoms with Crippen molar-refractivity contribution in [2.75, 3.05) is 41.2 Å². The summed E-state index contributed by atoms with van der Waals surface area (Å²) >= 11 is 0. The van der Waals surface area contributed by atoms with Crippen LogP contribution >= 0.6 is 0 Å². The van der Waals surface area contributed by atoms with Crippen molar-refractivity contribution in [3.8, 4) is 17.2 Å². The fourth-order valence-corrected chi connectivity index (χ4v) is 3.28. The molecule has 0 saturated heterocycles. The van der Waals surface area contributed by atoms with E-state index in [1.807, 2.05) is 0 Å². The molecule has 0 saturated carbocycles. The number of carbonyl (C=O) groups is 3. The van der Waals surface area contributed by atoms with E-state index in [9.17, 15) is 14.4 Å². The molecule has 9 heteroatoms. The van der Waals surface area contributed by atoms with Crippen molar-refractivity contribution in [3.63, 3.8) is 0 Å². The molecular formula is C29H30O9. The largest absolute Gasteiger partial charge is 0.497 e. The van der Waals surface area contributed by atoms with Gasteiger partial charge in [0.25, 0.3) is 0 Å². The van der Waals surface area contributed by atoms with E-state index < -0.39 is 23.3 Å². The molecule has 200 valence electrons. The highest BCUT2D eigenvalue weighted by molar-refractivity contribution is 5.90. The van der Waals surface area contributed by atoms with Gasteiger partial charge in [0.05, 0.1) is 43.4 Å². The minimum absolute atomic E-state index is 0.177. The lowest BCUT2D eigenvalue weighted by molar-refractivity contribution is -0.0287. The first-order valence-corrected chi connectivity index (χ1v) is 11.7. The van der Waals surface area contributed by atoms with E-state index >= 15 is 0 Å². The highest BCUT2D eigenvalue weighted by Crippen LogP contribution is 2.23. The molecule has 0 radical (unpaired) electrons. The van der Waals surface area contributed by atoms with E-state index in [0.29, 0.717) is 33.9 Å². The van der Waals surface area contributed by atoms with E-state index in [1.54, 1.807) is 79.7 Å². The smallest absolute Gasteiger partial charge is 0.338 e. The molecule has 0 unspecified atom stereocenters. The highest BCUT2D eigenvalue weighted by atomic mass is 16.6. The van der Waals surface area contributed by atoms with Crippen LogP contribution in [0.15, 0.2) is 72.8 Å². The SMILES string of the molecule is COc1ccc(C(=O)OCC(C)(COC(=O)c2ccc(OC)cc2)COC(=O)c2ccc(OC)cc2)cc1. The molecule has 0 aromatic heterocycles. The van der Waals surface area contributed by atoms with Gasteiger partial charge in [-0.2, -0.15) is 0 Å². The van der Waals surface area contributed by atoms with Crippen LogP contribution in [0.3, 0.4) is 0 Å². The molecule has 0 bridgehead atoms. The van der Waals surface area contributed by atoms with E-state index in [4.69, 9.17) is 28.4 Å². The molecule has 0 fully saturated rings. The molecule has 0 heterocycles. The zero-order valence-corrected chi connectivity index (χ0v) is 21.7. The maximum atomic E-state index is 12.6. The lowest BCUT2D eigenvalue weighted by Gasteiger charge is -2.28. The minimum Gasteiger partial charge on any atom is -0.497 e. The van der Waals surface area contributed by atoms with E-state index in [0.717, 1.165) is 0 Å². The standard InChI is InChI=1S/C29H30O9/c1-29(17-36-26(30)20-5-11-23(33-2)12-6-20,18-37-27(31)21-7-13-24(34-3)14-8-21)19-38-28(32)22-9-15-25(35-4)16-10-22/h5-16H,17-19H2,1-4H3. The average Bonchev–Trinajstić information content (AvgIpc) is 2.97. The summed E-state index contributed by atoms with van der Waals surface area (Å²) in [5.41, 5.74) is -0.0809. The Bertz CT molecular complexity index is 1060. The van der Waals surface area contributed by atoms with Gasteiger partial charge >= 0.3 is 17.9 Å². The Morgan fingerprint density at radius 1 is 0.500 bits per heavy atom. The van der Waals surface area contributed by atoms with Crippen molar-refractivity contribution in [2.45, 2.75) is 6.92 Å². The number of ether oxygens (including phenoxy) is 6. The van der Waals surface area contributed by atoms with Crippen LogP contribution in [0.5, 0.6) is 17.2 Å². The maximum absolute atomic E-state index is 12.6. The van der Waals surface area contributed by atoms with Gasteiger partial charge in [0, 0.05) is 0 Å². The molecule has 3 aromatic carbocycles. The van der Waals surface area contributed by atoms with Crippen LogP contribution in [-0.4, -0.2) is 59.1 Å². The summed E-state index contributed by atoms with van der Waals surface area (Å²) in [6.45, 7) is 1.16. The second-order valence-electron chi connectivity index (χ2n) is 8.72. The minimum atomic E-state index is -1.04. The molecule has 3 aromatic rings. The van der Waals surface area contributed by atoms with Crippen molar-refractivity contribution >= 4 is 17.9 Å². The number of rotatable bonds is 12. The molecule has 38 heavy (non-hydrogen) atoms. The number of methoxy groups -OCH3 is 3. The topological polar surface area (TPSA) is 107 Å². The molecule has 0 N–H and O–H groups in total. The number of hydrogen-bond acceptors (Lipinski definition) is 9. The molecule has 0 amide bonds. The Morgan fingerprint density at radius 2 is 0.737 bits per heavy atom. The first kappa shape index (κ1) is 28.0. The monoisotopic (exact) mass is 522 g/mol. The van der Waals surface area contributed by atoms with Gasteiger partial charge in [0.1, 0.15) is 37.1 Å². The van der Waals surface area contributed by atoms with Crippen LogP contribution in [0.1, 0.15) is 38.0 Å². The first-order chi connectivity index (χ1) is 18.3. The Kier molecular flexibility index (Phi) is 9.70. The lowest BCUT2D eigenvalue weighted by Crippen LogP contribution is -2.37. The van der Waals surface area contributed by atoms with Crippen LogP contribution in [0.25, 0.3) is 0 Å². The van der Waals surface area contributed by atoms with Crippen molar-refractivity contribution < 1.29 is 42.8 Å². The van der Waals surface area contributed by atoms with Crippen LogP contribution < -0.4 is 14.2 Å². The second kappa shape index (κ2) is 13.1. The van der Waals surface area contributed by atoms with Crippen molar-refractivity contribution in [1.29, 1.82) is 0 Å². The predicted molar refractivity (Wildman–Crippen MR) is 138 cm³/mol. The summed E-state index contributed by atoms with van der Waals surface area (Å²) < 4.78 is 31.8. The summed E-state index contributed by atoms with van der Waals surface area (Å²) in [6, 6.07) is 19.3. The van der Waals surface area contributed by atoms with Crippen LogP contribution in [0, 0.1) is 5.41 Å². The number of esters is 3. The molecule has 3 rings (SSSR count). The Morgan fingerprint density at radius 3 is 0.947 bits per heavy atom. The van der Waals surface area contributed by atoms with Gasteiger partial charge in [-0.05, 0) is 79.7 Å². The van der Waals surface area contributed by atoms with Gasteiger partial charge in [0.15, 0.2) is 0 Å². The fourth-order valence-electron chi connectivity index (χ4n) is 3.28. The number of carbonyl (C=O) groups excluding carboxylic acids is 3. The predicted octanol–water partition coefficient (Wildman–Crippen LogP) is 4.59. The van der Waals surface area contributed by atoms with Crippen LogP contribution in [0.4, 0.5) is 0 Å². The molecule has 0 atom stereocenters. The van der Waals surface area contributed by atoms with Gasteiger partial charge in [-0.3, -0.25) is 0 Å². The molecule has 9 nitrogen and oxygen atoms in total. The average molecular weight is 523 g/mol. The highest BCUT2D eigenvalue weighted by Gasteiger charge is 2.31. The summed E-state index contributed by atoms with van der Waals surface area (Å²) in [5, 5.41) is 0. The first-order valence-electron chi connectivity index (χ1n) is 11.7. The quantitative estimate of drug-likeness (QED) is 0.249. The summed E-state index contributed by atoms with van der Waals surface area (Å²) in [5.74, 6) is 0.0531. The molecule has 0 aliphatic heterocycles. The van der Waals surface area contributed by atoms with E-state index in [-0.39, 0.29) is 19.8 Å². The maximum Gasteiger partial charge on any atom is 0.338 e. The molecule has 0 spiro atoms. The zero-order chi connectivity index (χ0) is 27.5. The third-order valence-electron chi connectivity index (χ3n) is 5.63. The van der Waals surface area contributed by atoms with Crippen LogP contribution in [0.2, 0.25) is 0 Å². The second-order valence-corrected chi connectivity index (χ2v) is 8.72. The normalized spacial score (nSPS) is 10.7. The van der Waals surface area contributed by atoms with Crippen molar-refractivity contribution in [3.05, 3.63) is 89.5 Å². The van der Waals surface area contributed by atoms with Gasteiger partial charge in [-0.1, -0.05) is 0 Å².